The van der Waals surface area contributed by atoms with E-state index in [9.17, 15) is 14.0 Å². The van der Waals surface area contributed by atoms with Crippen LogP contribution in [0, 0.1) is 11.7 Å². The van der Waals surface area contributed by atoms with Gasteiger partial charge in [-0.25, -0.2) is 9.37 Å². The van der Waals surface area contributed by atoms with Gasteiger partial charge in [-0.3, -0.25) is 14.5 Å². The highest BCUT2D eigenvalue weighted by molar-refractivity contribution is 6.30. The van der Waals surface area contributed by atoms with E-state index in [2.05, 4.69) is 15.6 Å². The maximum absolute atomic E-state index is 12.9. The third-order valence-corrected chi connectivity index (χ3v) is 4.85. The third-order valence-electron chi connectivity index (χ3n) is 4.63. The number of nitrogens with zero attached hydrogens (tertiary/aromatic N) is 2. The van der Waals surface area contributed by atoms with Gasteiger partial charge in [0.1, 0.15) is 11.6 Å². The molecule has 0 saturated carbocycles. The Morgan fingerprint density at radius 3 is 2.71 bits per heavy atom. The molecule has 1 aromatic carbocycles. The van der Waals surface area contributed by atoms with Gasteiger partial charge in [0.05, 0.1) is 17.5 Å². The van der Waals surface area contributed by atoms with Crippen molar-refractivity contribution >= 4 is 29.2 Å². The average molecular weight is 405 g/mol. The van der Waals surface area contributed by atoms with E-state index in [0.717, 1.165) is 24.9 Å². The molecule has 148 valence electrons. The number of amides is 2. The summed E-state index contributed by atoms with van der Waals surface area (Å²) in [5, 5.41) is 6.13. The molecule has 1 unspecified atom stereocenters. The zero-order chi connectivity index (χ0) is 19.9. The van der Waals surface area contributed by atoms with Crippen LogP contribution in [0.25, 0.3) is 0 Å². The number of nitrogens with one attached hydrogen (secondary N) is 2. The summed E-state index contributed by atoms with van der Waals surface area (Å²) in [5.74, 6) is -0.266. The maximum atomic E-state index is 12.9. The molecule has 6 nitrogen and oxygen atoms in total. The predicted molar refractivity (Wildman–Crippen MR) is 105 cm³/mol. The largest absolute Gasteiger partial charge is 0.351 e. The molecule has 2 N–H and O–H groups in total. The third kappa shape index (κ3) is 6.00. The fourth-order valence-electron chi connectivity index (χ4n) is 3.15. The molecule has 0 aliphatic carbocycles. The Morgan fingerprint density at radius 1 is 1.21 bits per heavy atom. The number of piperidine rings is 1. The normalized spacial score (nSPS) is 17.1. The number of aromatic nitrogens is 1. The van der Waals surface area contributed by atoms with Crippen molar-refractivity contribution in [2.75, 3.05) is 25.0 Å². The molecular formula is C20H22ClFN4O2. The van der Waals surface area contributed by atoms with Gasteiger partial charge in [-0.15, -0.1) is 0 Å². The molecule has 2 aromatic rings. The van der Waals surface area contributed by atoms with Gasteiger partial charge < -0.3 is 10.6 Å². The van der Waals surface area contributed by atoms with E-state index in [1.54, 1.807) is 24.3 Å². The van der Waals surface area contributed by atoms with Gasteiger partial charge in [0.25, 0.3) is 0 Å². The van der Waals surface area contributed by atoms with Crippen LogP contribution in [0.4, 0.5) is 10.2 Å². The molecule has 0 bridgehead atoms. The lowest BCUT2D eigenvalue weighted by Crippen LogP contribution is -2.45. The Labute approximate surface area is 168 Å². The Kier molecular flexibility index (Phi) is 6.95. The first-order chi connectivity index (χ1) is 13.5. The Balaban J connectivity index is 1.45. The monoisotopic (exact) mass is 404 g/mol. The average Bonchev–Trinajstić information content (AvgIpc) is 2.69. The number of hydrogen-bond donors (Lipinski definition) is 2. The second-order valence-corrected chi connectivity index (χ2v) is 7.26. The highest BCUT2D eigenvalue weighted by Gasteiger charge is 2.27. The van der Waals surface area contributed by atoms with Gasteiger partial charge in [-0.2, -0.15) is 0 Å². The lowest BCUT2D eigenvalue weighted by Gasteiger charge is -2.31. The van der Waals surface area contributed by atoms with E-state index in [-0.39, 0.29) is 30.1 Å². The molecule has 1 atom stereocenters. The quantitative estimate of drug-likeness (QED) is 0.776. The highest BCUT2D eigenvalue weighted by Crippen LogP contribution is 2.18. The number of likely N-dealkylation sites (tertiary alicyclic amines) is 1. The molecular weight excluding hydrogens is 383 g/mol. The van der Waals surface area contributed by atoms with Crippen LogP contribution in [-0.2, 0) is 16.1 Å². The van der Waals surface area contributed by atoms with Crippen molar-refractivity contribution in [2.24, 2.45) is 5.92 Å². The number of carbonyl (C=O) groups excluding carboxylic acids is 2. The van der Waals surface area contributed by atoms with Crippen LogP contribution in [0.5, 0.6) is 0 Å². The zero-order valence-corrected chi connectivity index (χ0v) is 16.1. The molecule has 1 aliphatic rings. The van der Waals surface area contributed by atoms with E-state index in [1.807, 2.05) is 4.90 Å². The minimum absolute atomic E-state index is 0.105. The van der Waals surface area contributed by atoms with Gasteiger partial charge in [0.2, 0.25) is 11.8 Å². The second-order valence-electron chi connectivity index (χ2n) is 6.83. The maximum Gasteiger partial charge on any atom is 0.234 e. The molecule has 0 radical (unpaired) electrons. The van der Waals surface area contributed by atoms with Crippen LogP contribution >= 0.6 is 11.6 Å². The van der Waals surface area contributed by atoms with E-state index in [0.29, 0.717) is 23.9 Å². The van der Waals surface area contributed by atoms with Gasteiger partial charge in [0.15, 0.2) is 0 Å². The molecule has 3 rings (SSSR count). The van der Waals surface area contributed by atoms with Crippen LogP contribution in [0.2, 0.25) is 5.02 Å². The first-order valence-electron chi connectivity index (χ1n) is 9.15. The van der Waals surface area contributed by atoms with Crippen molar-refractivity contribution in [3.63, 3.8) is 0 Å². The van der Waals surface area contributed by atoms with Crippen molar-refractivity contribution in [1.82, 2.24) is 15.2 Å². The Bertz CT molecular complexity index is 814. The summed E-state index contributed by atoms with van der Waals surface area (Å²) < 4.78 is 12.9. The lowest BCUT2D eigenvalue weighted by atomic mass is 9.97. The standard InChI is InChI=1S/C20H22ClFN4O2/c21-16-5-8-18(23-11-16)25-20(28)15-2-1-9-26(12-15)13-19(27)24-10-14-3-6-17(22)7-4-14/h3-8,11,15H,1-2,9-10,12-13H2,(H,24,27)(H,23,25,28). The molecule has 0 spiro atoms. The smallest absolute Gasteiger partial charge is 0.234 e. The highest BCUT2D eigenvalue weighted by atomic mass is 35.5. The number of benzene rings is 1. The molecule has 28 heavy (non-hydrogen) atoms. The van der Waals surface area contributed by atoms with Gasteiger partial charge in [-0.1, -0.05) is 23.7 Å². The number of hydrogen-bond acceptors (Lipinski definition) is 4. The first-order valence-corrected chi connectivity index (χ1v) is 9.53. The number of anilines is 1. The van der Waals surface area contributed by atoms with E-state index in [1.165, 1.54) is 18.3 Å². The van der Waals surface area contributed by atoms with Crippen LogP contribution in [0.1, 0.15) is 18.4 Å². The molecule has 2 amide bonds. The number of rotatable bonds is 6. The van der Waals surface area contributed by atoms with Gasteiger partial charge >= 0.3 is 0 Å². The number of carbonyl (C=O) groups is 2. The summed E-state index contributed by atoms with van der Waals surface area (Å²) in [7, 11) is 0. The lowest BCUT2D eigenvalue weighted by molar-refractivity contribution is -0.125. The molecule has 1 aliphatic heterocycles. The van der Waals surface area contributed by atoms with Crippen molar-refractivity contribution in [2.45, 2.75) is 19.4 Å². The summed E-state index contributed by atoms with van der Waals surface area (Å²) >= 11 is 5.80. The van der Waals surface area contributed by atoms with Crippen LogP contribution < -0.4 is 10.6 Å². The van der Waals surface area contributed by atoms with Crippen LogP contribution in [-0.4, -0.2) is 41.3 Å². The van der Waals surface area contributed by atoms with Crippen LogP contribution in [0.3, 0.4) is 0 Å². The summed E-state index contributed by atoms with van der Waals surface area (Å²) in [6.07, 6.45) is 3.10. The van der Waals surface area contributed by atoms with Gasteiger partial charge in [-0.05, 0) is 49.2 Å². The molecule has 8 heteroatoms. The molecule has 1 fully saturated rings. The van der Waals surface area contributed by atoms with E-state index < -0.39 is 0 Å². The zero-order valence-electron chi connectivity index (χ0n) is 15.3. The van der Waals surface area contributed by atoms with Gasteiger partial charge in [0, 0.05) is 19.3 Å². The fraction of sp³-hybridized carbons (Fsp3) is 0.350. The molecule has 2 heterocycles. The molecule has 1 aromatic heterocycles. The topological polar surface area (TPSA) is 74.3 Å². The van der Waals surface area contributed by atoms with Crippen molar-refractivity contribution in [1.29, 1.82) is 0 Å². The SMILES string of the molecule is O=C(CN1CCCC(C(=O)Nc2ccc(Cl)cn2)C1)NCc1ccc(F)cc1. The Morgan fingerprint density at radius 2 is 2.00 bits per heavy atom. The number of pyridine rings is 1. The summed E-state index contributed by atoms with van der Waals surface area (Å²) in [6, 6.07) is 9.34. The van der Waals surface area contributed by atoms with E-state index in [4.69, 9.17) is 11.6 Å². The van der Waals surface area contributed by atoms with Crippen molar-refractivity contribution in [3.05, 3.63) is 59.0 Å². The van der Waals surface area contributed by atoms with Crippen LogP contribution in [0.15, 0.2) is 42.6 Å². The second kappa shape index (κ2) is 9.61. The molecule has 1 saturated heterocycles. The Hall–Kier alpha value is -2.51. The minimum Gasteiger partial charge on any atom is -0.351 e. The van der Waals surface area contributed by atoms with Crippen molar-refractivity contribution < 1.29 is 14.0 Å². The van der Waals surface area contributed by atoms with E-state index >= 15 is 0 Å². The summed E-state index contributed by atoms with van der Waals surface area (Å²) in [4.78, 5) is 30.7. The first kappa shape index (κ1) is 20.2. The predicted octanol–water partition coefficient (Wildman–Crippen LogP) is 2.84. The summed E-state index contributed by atoms with van der Waals surface area (Å²) in [5.41, 5.74) is 0.834. The summed E-state index contributed by atoms with van der Waals surface area (Å²) in [6.45, 7) is 1.86. The van der Waals surface area contributed by atoms with Crippen molar-refractivity contribution in [3.8, 4) is 0 Å². The fourth-order valence-corrected chi connectivity index (χ4v) is 3.26. The minimum atomic E-state index is -0.304. The number of halogens is 2.